The number of alkyl halides is 1. The van der Waals surface area contributed by atoms with Crippen LogP contribution < -0.4 is 0 Å². The average molecular weight is 245 g/mol. The molecule has 1 aromatic rings. The second kappa shape index (κ2) is 3.39. The van der Waals surface area contributed by atoms with Gasteiger partial charge in [0, 0.05) is 10.9 Å². The molecule has 0 atom stereocenters. The summed E-state index contributed by atoms with van der Waals surface area (Å²) in [5.74, 6) is 0. The van der Waals surface area contributed by atoms with E-state index in [1.807, 2.05) is 24.3 Å². The van der Waals surface area contributed by atoms with Gasteiger partial charge in [0.2, 0.25) is 0 Å². The standard InChI is InChI=1S/C10H10BrFO/c11-9-3-1-8(2-4-9)5-10(12)6-13-7-10/h1-4H,5-7H2. The van der Waals surface area contributed by atoms with Gasteiger partial charge in [-0.1, -0.05) is 28.1 Å². The third-order valence-electron chi connectivity index (χ3n) is 2.16. The van der Waals surface area contributed by atoms with Crippen LogP contribution in [0.25, 0.3) is 0 Å². The molecule has 1 aliphatic rings. The Morgan fingerprint density at radius 3 is 2.38 bits per heavy atom. The molecule has 1 aliphatic heterocycles. The predicted molar refractivity (Wildman–Crippen MR) is 52.5 cm³/mol. The van der Waals surface area contributed by atoms with Crippen molar-refractivity contribution in [2.45, 2.75) is 12.1 Å². The fourth-order valence-electron chi connectivity index (χ4n) is 1.39. The van der Waals surface area contributed by atoms with Gasteiger partial charge in [-0.2, -0.15) is 0 Å². The Hall–Kier alpha value is -0.410. The summed E-state index contributed by atoms with van der Waals surface area (Å²) in [6, 6.07) is 7.73. The molecule has 70 valence electrons. The van der Waals surface area contributed by atoms with Gasteiger partial charge in [0.25, 0.3) is 0 Å². The van der Waals surface area contributed by atoms with Crippen LogP contribution in [-0.2, 0) is 11.2 Å². The molecule has 0 saturated carbocycles. The van der Waals surface area contributed by atoms with Crippen molar-refractivity contribution in [1.82, 2.24) is 0 Å². The van der Waals surface area contributed by atoms with Gasteiger partial charge in [-0.15, -0.1) is 0 Å². The van der Waals surface area contributed by atoms with Crippen molar-refractivity contribution in [3.05, 3.63) is 34.3 Å². The first kappa shape index (κ1) is 9.16. The molecule has 0 aliphatic carbocycles. The zero-order valence-electron chi connectivity index (χ0n) is 7.09. The zero-order chi connectivity index (χ0) is 9.31. The summed E-state index contributed by atoms with van der Waals surface area (Å²) in [6.07, 6.45) is 0.459. The van der Waals surface area contributed by atoms with Crippen LogP contribution in [0.15, 0.2) is 28.7 Å². The van der Waals surface area contributed by atoms with E-state index in [9.17, 15) is 4.39 Å². The van der Waals surface area contributed by atoms with Gasteiger partial charge in [-0.3, -0.25) is 0 Å². The van der Waals surface area contributed by atoms with Crippen molar-refractivity contribution in [3.8, 4) is 0 Å². The van der Waals surface area contributed by atoms with E-state index in [1.165, 1.54) is 0 Å². The van der Waals surface area contributed by atoms with Crippen LogP contribution in [0.3, 0.4) is 0 Å². The minimum atomic E-state index is -1.12. The normalized spacial score (nSPS) is 19.5. The van der Waals surface area contributed by atoms with Crippen molar-refractivity contribution in [2.24, 2.45) is 0 Å². The summed E-state index contributed by atoms with van der Waals surface area (Å²) >= 11 is 3.34. The van der Waals surface area contributed by atoms with Crippen LogP contribution in [0.1, 0.15) is 5.56 Å². The van der Waals surface area contributed by atoms with Gasteiger partial charge in [-0.25, -0.2) is 4.39 Å². The van der Waals surface area contributed by atoms with E-state index < -0.39 is 5.67 Å². The van der Waals surface area contributed by atoms with Crippen molar-refractivity contribution < 1.29 is 9.13 Å². The molecule has 0 N–H and O–H groups in total. The second-order valence-electron chi connectivity index (χ2n) is 3.45. The van der Waals surface area contributed by atoms with E-state index in [2.05, 4.69) is 15.9 Å². The highest BCUT2D eigenvalue weighted by atomic mass is 79.9. The van der Waals surface area contributed by atoms with Gasteiger partial charge in [-0.05, 0) is 17.7 Å². The minimum absolute atomic E-state index is 0.239. The maximum Gasteiger partial charge on any atom is 0.161 e. The summed E-state index contributed by atoms with van der Waals surface area (Å²) in [5.41, 5.74) is -0.0950. The number of halogens is 2. The fourth-order valence-corrected chi connectivity index (χ4v) is 1.66. The Balaban J connectivity index is 2.05. The predicted octanol–water partition coefficient (Wildman–Crippen LogP) is 2.73. The lowest BCUT2D eigenvalue weighted by molar-refractivity contribution is -0.128. The molecule has 0 spiro atoms. The minimum Gasteiger partial charge on any atom is -0.375 e. The molecule has 1 fully saturated rings. The lowest BCUT2D eigenvalue weighted by Gasteiger charge is -2.33. The molecule has 1 saturated heterocycles. The van der Waals surface area contributed by atoms with Crippen LogP contribution in [-0.4, -0.2) is 18.9 Å². The van der Waals surface area contributed by atoms with Gasteiger partial charge in [0.1, 0.15) is 0 Å². The smallest absolute Gasteiger partial charge is 0.161 e. The Morgan fingerprint density at radius 1 is 1.31 bits per heavy atom. The quantitative estimate of drug-likeness (QED) is 0.778. The summed E-state index contributed by atoms with van der Waals surface area (Å²) in [6.45, 7) is 0.478. The van der Waals surface area contributed by atoms with E-state index in [0.29, 0.717) is 6.42 Å². The lowest BCUT2D eigenvalue weighted by atomic mass is 9.95. The molecule has 2 rings (SSSR count). The SMILES string of the molecule is FC1(Cc2ccc(Br)cc2)COC1. The summed E-state index contributed by atoms with van der Waals surface area (Å²) in [5, 5.41) is 0. The Kier molecular flexibility index (Phi) is 2.39. The summed E-state index contributed by atoms with van der Waals surface area (Å²) in [4.78, 5) is 0. The molecule has 0 amide bonds. The Labute approximate surface area is 85.0 Å². The third-order valence-corrected chi connectivity index (χ3v) is 2.68. The van der Waals surface area contributed by atoms with Crippen molar-refractivity contribution in [1.29, 1.82) is 0 Å². The van der Waals surface area contributed by atoms with E-state index in [0.717, 1.165) is 10.0 Å². The first-order valence-electron chi connectivity index (χ1n) is 4.19. The van der Waals surface area contributed by atoms with E-state index >= 15 is 0 Å². The van der Waals surface area contributed by atoms with Crippen LogP contribution in [0.5, 0.6) is 0 Å². The molecule has 0 bridgehead atoms. The largest absolute Gasteiger partial charge is 0.375 e. The molecule has 13 heavy (non-hydrogen) atoms. The highest BCUT2D eigenvalue weighted by Crippen LogP contribution is 2.26. The Morgan fingerprint density at radius 2 is 1.92 bits per heavy atom. The average Bonchev–Trinajstić information content (AvgIpc) is 2.06. The second-order valence-corrected chi connectivity index (χ2v) is 4.36. The fraction of sp³-hybridized carbons (Fsp3) is 0.400. The van der Waals surface area contributed by atoms with E-state index in [-0.39, 0.29) is 13.2 Å². The van der Waals surface area contributed by atoms with Crippen molar-refractivity contribution in [3.63, 3.8) is 0 Å². The highest BCUT2D eigenvalue weighted by Gasteiger charge is 2.38. The topological polar surface area (TPSA) is 9.23 Å². The van der Waals surface area contributed by atoms with Gasteiger partial charge >= 0.3 is 0 Å². The number of benzene rings is 1. The monoisotopic (exact) mass is 244 g/mol. The molecule has 1 nitrogen and oxygen atoms in total. The summed E-state index contributed by atoms with van der Waals surface area (Å²) < 4.78 is 19.4. The number of hydrogen-bond acceptors (Lipinski definition) is 1. The Bertz CT molecular complexity index is 292. The molecule has 0 radical (unpaired) electrons. The van der Waals surface area contributed by atoms with Crippen LogP contribution in [0.2, 0.25) is 0 Å². The first-order chi connectivity index (χ1) is 6.18. The van der Waals surface area contributed by atoms with Gasteiger partial charge in [0.05, 0.1) is 13.2 Å². The molecule has 0 unspecified atom stereocenters. The molecule has 1 heterocycles. The van der Waals surface area contributed by atoms with Gasteiger partial charge < -0.3 is 4.74 Å². The summed E-state index contributed by atoms with van der Waals surface area (Å²) in [7, 11) is 0. The molecule has 3 heteroatoms. The maximum absolute atomic E-state index is 13.6. The number of hydrogen-bond donors (Lipinski definition) is 0. The highest BCUT2D eigenvalue weighted by molar-refractivity contribution is 9.10. The number of ether oxygens (including phenoxy) is 1. The van der Waals surface area contributed by atoms with Crippen molar-refractivity contribution in [2.75, 3.05) is 13.2 Å². The molecular formula is C10H10BrFO. The van der Waals surface area contributed by atoms with Crippen LogP contribution in [0, 0.1) is 0 Å². The molecular weight excluding hydrogens is 235 g/mol. The molecule has 0 aromatic heterocycles. The van der Waals surface area contributed by atoms with E-state index in [1.54, 1.807) is 0 Å². The van der Waals surface area contributed by atoms with Crippen molar-refractivity contribution >= 4 is 15.9 Å². The van der Waals surface area contributed by atoms with Crippen LogP contribution in [0.4, 0.5) is 4.39 Å². The van der Waals surface area contributed by atoms with Gasteiger partial charge in [0.15, 0.2) is 5.67 Å². The zero-order valence-corrected chi connectivity index (χ0v) is 8.68. The third kappa shape index (κ3) is 2.09. The van der Waals surface area contributed by atoms with E-state index in [4.69, 9.17) is 4.74 Å². The number of rotatable bonds is 2. The van der Waals surface area contributed by atoms with Crippen LogP contribution >= 0.6 is 15.9 Å². The molecule has 1 aromatic carbocycles. The maximum atomic E-state index is 13.6. The lowest BCUT2D eigenvalue weighted by Crippen LogP contribution is -2.47. The first-order valence-corrected chi connectivity index (χ1v) is 4.98.